The highest BCUT2D eigenvalue weighted by atomic mass is 16.7. The Kier molecular flexibility index (Phi) is 4.59. The van der Waals surface area contributed by atoms with Crippen molar-refractivity contribution in [2.45, 2.75) is 0 Å². The summed E-state index contributed by atoms with van der Waals surface area (Å²) in [5, 5.41) is 9.86. The lowest BCUT2D eigenvalue weighted by Crippen LogP contribution is -2.14. The van der Waals surface area contributed by atoms with E-state index in [0.29, 0.717) is 11.1 Å². The number of aromatic carboxylic acids is 1. The monoisotopic (exact) mass is 333 g/mol. The van der Waals surface area contributed by atoms with Gasteiger partial charge in [-0.2, -0.15) is 5.90 Å². The Morgan fingerprint density at radius 1 is 0.800 bits per heavy atom. The summed E-state index contributed by atoms with van der Waals surface area (Å²) in [5.74, 6) is 3.10. The van der Waals surface area contributed by atoms with Gasteiger partial charge in [-0.25, -0.2) is 9.59 Å². The van der Waals surface area contributed by atoms with E-state index in [1.807, 2.05) is 36.4 Å². The van der Waals surface area contributed by atoms with E-state index in [1.165, 1.54) is 6.07 Å². The van der Waals surface area contributed by atoms with Crippen LogP contribution in [0.3, 0.4) is 0 Å². The molecule has 0 radical (unpaired) electrons. The fourth-order valence-electron chi connectivity index (χ4n) is 2.82. The largest absolute Gasteiger partial charge is 0.478 e. The number of carboxylic acids is 1. The summed E-state index contributed by atoms with van der Waals surface area (Å²) in [6, 6.07) is 21.1. The molecule has 0 aliphatic carbocycles. The molecule has 0 unspecified atom stereocenters. The Hall–Kier alpha value is -3.44. The topological polar surface area (TPSA) is 89.6 Å². The third kappa shape index (κ3) is 3.13. The van der Waals surface area contributed by atoms with Crippen molar-refractivity contribution in [3.05, 3.63) is 83.9 Å². The quantitative estimate of drug-likeness (QED) is 0.710. The maximum Gasteiger partial charge on any atom is 0.357 e. The average Bonchev–Trinajstić information content (AvgIpc) is 2.67. The highest BCUT2D eigenvalue weighted by Crippen LogP contribution is 2.35. The number of benzene rings is 3. The molecule has 0 saturated heterocycles. The molecule has 25 heavy (non-hydrogen) atoms. The van der Waals surface area contributed by atoms with Crippen LogP contribution in [0, 0.1) is 0 Å². The molecule has 0 atom stereocenters. The van der Waals surface area contributed by atoms with E-state index in [9.17, 15) is 14.7 Å². The van der Waals surface area contributed by atoms with Gasteiger partial charge in [0.2, 0.25) is 0 Å². The van der Waals surface area contributed by atoms with Crippen LogP contribution < -0.4 is 5.90 Å². The third-order valence-electron chi connectivity index (χ3n) is 3.89. The summed E-state index contributed by atoms with van der Waals surface area (Å²) >= 11 is 0. The summed E-state index contributed by atoms with van der Waals surface area (Å²) in [7, 11) is 0. The lowest BCUT2D eigenvalue weighted by Gasteiger charge is -2.15. The van der Waals surface area contributed by atoms with Crippen molar-refractivity contribution in [3.8, 4) is 22.3 Å². The first kappa shape index (κ1) is 16.4. The molecule has 5 heteroatoms. The van der Waals surface area contributed by atoms with Gasteiger partial charge in [0, 0.05) is 5.56 Å². The SMILES string of the molecule is NOC(=O)c1ccc(-c2ccccc2)c(C(=O)O)c1-c1ccccc1. The number of nitrogens with two attached hydrogens (primary N) is 1. The van der Waals surface area contributed by atoms with Crippen molar-refractivity contribution in [3.63, 3.8) is 0 Å². The predicted octanol–water partition coefficient (Wildman–Crippen LogP) is 3.75. The zero-order valence-electron chi connectivity index (χ0n) is 13.2. The number of rotatable bonds is 4. The van der Waals surface area contributed by atoms with Gasteiger partial charge in [0.15, 0.2) is 0 Å². The smallest absolute Gasteiger partial charge is 0.357 e. The zero-order valence-corrected chi connectivity index (χ0v) is 13.2. The number of hydrogen-bond acceptors (Lipinski definition) is 4. The molecule has 0 aliphatic rings. The molecule has 0 spiro atoms. The van der Waals surface area contributed by atoms with Gasteiger partial charge in [0.25, 0.3) is 0 Å². The number of carbonyl (C=O) groups excluding carboxylic acids is 1. The minimum atomic E-state index is -1.13. The van der Waals surface area contributed by atoms with Gasteiger partial charge < -0.3 is 9.94 Å². The molecular formula is C20H15NO4. The van der Waals surface area contributed by atoms with Crippen molar-refractivity contribution in [2.75, 3.05) is 0 Å². The summed E-state index contributed by atoms with van der Waals surface area (Å²) in [4.78, 5) is 28.5. The first-order valence-electron chi connectivity index (χ1n) is 7.55. The van der Waals surface area contributed by atoms with Crippen molar-refractivity contribution in [1.82, 2.24) is 0 Å². The summed E-state index contributed by atoms with van der Waals surface area (Å²) in [5.41, 5.74) is 2.26. The Morgan fingerprint density at radius 2 is 1.36 bits per heavy atom. The molecular weight excluding hydrogens is 318 g/mol. The van der Waals surface area contributed by atoms with Gasteiger partial charge in [-0.15, -0.1) is 0 Å². The van der Waals surface area contributed by atoms with Gasteiger partial charge in [-0.1, -0.05) is 66.7 Å². The van der Waals surface area contributed by atoms with Crippen molar-refractivity contribution < 1.29 is 19.5 Å². The summed E-state index contributed by atoms with van der Waals surface area (Å²) in [6.45, 7) is 0. The highest BCUT2D eigenvalue weighted by Gasteiger charge is 2.24. The molecule has 0 heterocycles. The second-order valence-electron chi connectivity index (χ2n) is 5.35. The molecule has 124 valence electrons. The van der Waals surface area contributed by atoms with Crippen LogP contribution in [0.5, 0.6) is 0 Å². The van der Waals surface area contributed by atoms with E-state index < -0.39 is 11.9 Å². The minimum absolute atomic E-state index is 0.0281. The van der Waals surface area contributed by atoms with E-state index in [4.69, 9.17) is 5.90 Å². The van der Waals surface area contributed by atoms with E-state index in [1.54, 1.807) is 30.3 Å². The molecule has 3 aromatic carbocycles. The molecule has 0 aromatic heterocycles. The number of carboxylic acid groups (broad SMARTS) is 1. The minimum Gasteiger partial charge on any atom is -0.478 e. The number of hydrogen-bond donors (Lipinski definition) is 2. The van der Waals surface area contributed by atoms with E-state index in [2.05, 4.69) is 4.84 Å². The van der Waals surface area contributed by atoms with Gasteiger partial charge >= 0.3 is 11.9 Å². The molecule has 0 bridgehead atoms. The first-order valence-corrected chi connectivity index (χ1v) is 7.55. The maximum atomic E-state index is 12.1. The lowest BCUT2D eigenvalue weighted by molar-refractivity contribution is 0.0504. The molecule has 0 aliphatic heterocycles. The van der Waals surface area contributed by atoms with Crippen LogP contribution in [0.1, 0.15) is 20.7 Å². The molecule has 3 N–H and O–H groups in total. The van der Waals surface area contributed by atoms with Crippen LogP contribution in [0.2, 0.25) is 0 Å². The van der Waals surface area contributed by atoms with Crippen LogP contribution in [0.15, 0.2) is 72.8 Å². The molecule has 0 fully saturated rings. The maximum absolute atomic E-state index is 12.1. The fourth-order valence-corrected chi connectivity index (χ4v) is 2.82. The Bertz CT molecular complexity index is 921. The van der Waals surface area contributed by atoms with Crippen LogP contribution in [0.25, 0.3) is 22.3 Å². The van der Waals surface area contributed by atoms with Crippen molar-refractivity contribution >= 4 is 11.9 Å². The predicted molar refractivity (Wildman–Crippen MR) is 93.9 cm³/mol. The molecule has 3 rings (SSSR count). The normalized spacial score (nSPS) is 10.3. The molecule has 0 amide bonds. The third-order valence-corrected chi connectivity index (χ3v) is 3.89. The van der Waals surface area contributed by atoms with Crippen LogP contribution in [0.4, 0.5) is 0 Å². The van der Waals surface area contributed by atoms with Gasteiger partial charge in [0.1, 0.15) is 0 Å². The van der Waals surface area contributed by atoms with Gasteiger partial charge in [0.05, 0.1) is 11.1 Å². The Morgan fingerprint density at radius 3 is 1.88 bits per heavy atom. The molecule has 3 aromatic rings. The van der Waals surface area contributed by atoms with Crippen LogP contribution >= 0.6 is 0 Å². The average molecular weight is 333 g/mol. The second kappa shape index (κ2) is 6.98. The standard InChI is InChI=1S/C20H15NO4/c21-25-20(24)16-12-11-15(13-7-3-1-4-8-13)18(19(22)23)17(16)14-9-5-2-6-10-14/h1-12H,21H2,(H,22,23). The first-order chi connectivity index (χ1) is 12.1. The lowest BCUT2D eigenvalue weighted by atomic mass is 9.88. The summed E-state index contributed by atoms with van der Waals surface area (Å²) in [6.07, 6.45) is 0. The van der Waals surface area contributed by atoms with E-state index in [-0.39, 0.29) is 16.7 Å². The second-order valence-corrected chi connectivity index (χ2v) is 5.35. The fraction of sp³-hybridized carbons (Fsp3) is 0. The molecule has 5 nitrogen and oxygen atoms in total. The Labute approximate surface area is 144 Å². The van der Waals surface area contributed by atoms with Crippen molar-refractivity contribution in [1.29, 1.82) is 0 Å². The number of carbonyl (C=O) groups is 2. The highest BCUT2D eigenvalue weighted by molar-refractivity contribution is 6.09. The van der Waals surface area contributed by atoms with Gasteiger partial charge in [-0.05, 0) is 22.8 Å². The zero-order chi connectivity index (χ0) is 17.8. The van der Waals surface area contributed by atoms with E-state index >= 15 is 0 Å². The van der Waals surface area contributed by atoms with Gasteiger partial charge in [-0.3, -0.25) is 0 Å². The van der Waals surface area contributed by atoms with Crippen LogP contribution in [-0.4, -0.2) is 17.0 Å². The van der Waals surface area contributed by atoms with Crippen molar-refractivity contribution in [2.24, 2.45) is 5.90 Å². The van der Waals surface area contributed by atoms with Crippen LogP contribution in [-0.2, 0) is 4.84 Å². The molecule has 0 saturated carbocycles. The van der Waals surface area contributed by atoms with E-state index in [0.717, 1.165) is 5.56 Å². The Balaban J connectivity index is 2.39. The summed E-state index contributed by atoms with van der Waals surface area (Å²) < 4.78 is 0.